The molecule has 2 atom stereocenters. The SMILES string of the molecule is CC(C)(C(=O)NC1CCCC1O)C(C)(C)c1ccc2c(cnn2-c2ccc(F)cc2)c1. The van der Waals surface area contributed by atoms with Gasteiger partial charge in [0.1, 0.15) is 5.82 Å². The Bertz CT molecular complexity index is 1100. The molecule has 0 spiro atoms. The van der Waals surface area contributed by atoms with Crippen LogP contribution in [-0.2, 0) is 10.2 Å². The van der Waals surface area contributed by atoms with Gasteiger partial charge in [-0.1, -0.05) is 33.8 Å². The van der Waals surface area contributed by atoms with E-state index < -0.39 is 16.9 Å². The minimum atomic E-state index is -0.698. The lowest BCUT2D eigenvalue weighted by Crippen LogP contribution is -2.52. The number of nitrogens with zero attached hydrogens (tertiary/aromatic N) is 2. The minimum absolute atomic E-state index is 0.0504. The quantitative estimate of drug-likeness (QED) is 0.635. The largest absolute Gasteiger partial charge is 0.391 e. The van der Waals surface area contributed by atoms with E-state index in [0.29, 0.717) is 0 Å². The summed E-state index contributed by atoms with van der Waals surface area (Å²) in [6.07, 6.45) is 3.82. The van der Waals surface area contributed by atoms with Gasteiger partial charge in [0.15, 0.2) is 0 Å². The third-order valence-electron chi connectivity index (χ3n) is 7.29. The highest BCUT2D eigenvalue weighted by Gasteiger charge is 2.45. The minimum Gasteiger partial charge on any atom is -0.391 e. The van der Waals surface area contributed by atoms with Gasteiger partial charge in [-0.15, -0.1) is 0 Å². The number of amides is 1. The molecule has 0 radical (unpaired) electrons. The van der Waals surface area contributed by atoms with E-state index in [1.165, 1.54) is 12.1 Å². The van der Waals surface area contributed by atoms with Crippen molar-refractivity contribution in [2.24, 2.45) is 5.41 Å². The maximum atomic E-state index is 13.3. The number of aromatic nitrogens is 2. The molecule has 2 aromatic carbocycles. The Morgan fingerprint density at radius 1 is 1.13 bits per heavy atom. The predicted molar refractivity (Wildman–Crippen MR) is 120 cm³/mol. The van der Waals surface area contributed by atoms with Gasteiger partial charge in [0.25, 0.3) is 0 Å². The Hall–Kier alpha value is -2.73. The molecule has 4 rings (SSSR count). The Kier molecular flexibility index (Phi) is 5.38. The molecule has 1 aliphatic rings. The number of carbonyl (C=O) groups excluding carboxylic acids is 1. The van der Waals surface area contributed by atoms with Crippen LogP contribution in [0.3, 0.4) is 0 Å². The second-order valence-electron chi connectivity index (χ2n) is 9.63. The third kappa shape index (κ3) is 3.74. The van der Waals surface area contributed by atoms with Gasteiger partial charge in [0, 0.05) is 10.8 Å². The highest BCUT2D eigenvalue weighted by atomic mass is 19.1. The van der Waals surface area contributed by atoms with Crippen LogP contribution in [-0.4, -0.2) is 32.9 Å². The van der Waals surface area contributed by atoms with Crippen LogP contribution in [0.4, 0.5) is 4.39 Å². The van der Waals surface area contributed by atoms with E-state index in [-0.39, 0.29) is 17.8 Å². The van der Waals surface area contributed by atoms with Crippen LogP contribution >= 0.6 is 0 Å². The smallest absolute Gasteiger partial charge is 0.226 e. The lowest BCUT2D eigenvalue weighted by atomic mass is 9.63. The highest BCUT2D eigenvalue weighted by Crippen LogP contribution is 2.43. The second kappa shape index (κ2) is 7.75. The zero-order chi connectivity index (χ0) is 22.4. The Labute approximate surface area is 182 Å². The van der Waals surface area contributed by atoms with Gasteiger partial charge in [0.05, 0.1) is 35.0 Å². The fraction of sp³-hybridized carbons (Fsp3) is 0.440. The molecule has 0 saturated heterocycles. The van der Waals surface area contributed by atoms with Crippen LogP contribution < -0.4 is 5.32 Å². The third-order valence-corrected chi connectivity index (χ3v) is 7.29. The second-order valence-corrected chi connectivity index (χ2v) is 9.63. The lowest BCUT2D eigenvalue weighted by molar-refractivity contribution is -0.134. The van der Waals surface area contributed by atoms with Crippen LogP contribution in [0.25, 0.3) is 16.6 Å². The number of nitrogens with one attached hydrogen (secondary N) is 1. The average Bonchev–Trinajstić information content (AvgIpc) is 3.34. The zero-order valence-electron chi connectivity index (χ0n) is 18.5. The van der Waals surface area contributed by atoms with Crippen LogP contribution in [0.15, 0.2) is 48.7 Å². The Morgan fingerprint density at radius 3 is 2.48 bits per heavy atom. The van der Waals surface area contributed by atoms with E-state index in [2.05, 4.69) is 30.3 Å². The predicted octanol–water partition coefficient (Wildman–Crippen LogP) is 4.50. The normalized spacial score (nSPS) is 19.7. The van der Waals surface area contributed by atoms with Gasteiger partial charge in [0.2, 0.25) is 5.91 Å². The highest BCUT2D eigenvalue weighted by molar-refractivity contribution is 5.85. The standard InChI is InChI=1S/C25H30FN3O2/c1-24(2,25(3,4)23(31)28-20-6-5-7-22(20)30)17-8-13-21-16(14-17)15-27-29(21)19-11-9-18(26)10-12-19/h8-15,20,22,30H,5-7H2,1-4H3,(H,28,31). The van der Waals surface area contributed by atoms with Crippen LogP contribution in [0.5, 0.6) is 0 Å². The summed E-state index contributed by atoms with van der Waals surface area (Å²) in [7, 11) is 0. The summed E-state index contributed by atoms with van der Waals surface area (Å²) in [6, 6.07) is 12.2. The van der Waals surface area contributed by atoms with Crippen molar-refractivity contribution < 1.29 is 14.3 Å². The van der Waals surface area contributed by atoms with Crippen molar-refractivity contribution in [1.82, 2.24) is 15.1 Å². The van der Waals surface area contributed by atoms with Crippen LogP contribution in [0, 0.1) is 11.2 Å². The van der Waals surface area contributed by atoms with E-state index in [0.717, 1.165) is 41.4 Å². The van der Waals surface area contributed by atoms with E-state index in [1.54, 1.807) is 23.0 Å². The van der Waals surface area contributed by atoms with Gasteiger partial charge in [-0.2, -0.15) is 5.10 Å². The number of benzene rings is 2. The van der Waals surface area contributed by atoms with E-state index in [1.807, 2.05) is 26.0 Å². The number of aliphatic hydroxyl groups is 1. The molecule has 1 saturated carbocycles. The first-order valence-electron chi connectivity index (χ1n) is 10.8. The molecule has 1 amide bonds. The molecule has 0 aliphatic heterocycles. The maximum Gasteiger partial charge on any atom is 0.226 e. The molecule has 1 heterocycles. The summed E-state index contributed by atoms with van der Waals surface area (Å²) in [5.41, 5.74) is 1.58. The van der Waals surface area contributed by atoms with Crippen molar-refractivity contribution in [1.29, 1.82) is 0 Å². The van der Waals surface area contributed by atoms with Crippen molar-refractivity contribution in [3.8, 4) is 5.69 Å². The topological polar surface area (TPSA) is 67.2 Å². The van der Waals surface area contributed by atoms with Gasteiger partial charge in [-0.05, 0) is 61.2 Å². The van der Waals surface area contributed by atoms with Crippen molar-refractivity contribution in [2.75, 3.05) is 0 Å². The number of hydrogen-bond donors (Lipinski definition) is 2. The fourth-order valence-electron chi connectivity index (χ4n) is 4.31. The first kappa shape index (κ1) is 21.5. The van der Waals surface area contributed by atoms with Crippen molar-refractivity contribution in [2.45, 2.75) is 64.5 Å². The van der Waals surface area contributed by atoms with E-state index in [9.17, 15) is 14.3 Å². The summed E-state index contributed by atoms with van der Waals surface area (Å²) in [4.78, 5) is 13.2. The molecular formula is C25H30FN3O2. The van der Waals surface area contributed by atoms with Crippen molar-refractivity contribution in [3.63, 3.8) is 0 Å². The number of fused-ring (bicyclic) bond motifs is 1. The monoisotopic (exact) mass is 423 g/mol. The molecule has 31 heavy (non-hydrogen) atoms. The molecule has 3 aromatic rings. The van der Waals surface area contributed by atoms with Gasteiger partial charge >= 0.3 is 0 Å². The summed E-state index contributed by atoms with van der Waals surface area (Å²) >= 11 is 0. The molecule has 5 nitrogen and oxygen atoms in total. The first-order valence-corrected chi connectivity index (χ1v) is 10.8. The molecule has 6 heteroatoms. The number of hydrogen-bond acceptors (Lipinski definition) is 3. The van der Waals surface area contributed by atoms with E-state index in [4.69, 9.17) is 0 Å². The molecule has 1 aromatic heterocycles. The van der Waals surface area contributed by atoms with Gasteiger partial charge in [-0.3, -0.25) is 4.79 Å². The molecule has 164 valence electrons. The zero-order valence-corrected chi connectivity index (χ0v) is 18.5. The van der Waals surface area contributed by atoms with Gasteiger partial charge in [-0.25, -0.2) is 9.07 Å². The summed E-state index contributed by atoms with van der Waals surface area (Å²) in [6.45, 7) is 8.05. The lowest BCUT2D eigenvalue weighted by Gasteiger charge is -2.41. The van der Waals surface area contributed by atoms with Crippen molar-refractivity contribution >= 4 is 16.8 Å². The number of rotatable bonds is 5. The summed E-state index contributed by atoms with van der Waals surface area (Å²) in [5, 5.41) is 18.6. The summed E-state index contributed by atoms with van der Waals surface area (Å²) in [5.74, 6) is -0.333. The van der Waals surface area contributed by atoms with Crippen LogP contribution in [0.2, 0.25) is 0 Å². The molecular weight excluding hydrogens is 393 g/mol. The molecule has 2 N–H and O–H groups in total. The first-order chi connectivity index (χ1) is 14.6. The molecule has 1 fully saturated rings. The molecule has 1 aliphatic carbocycles. The van der Waals surface area contributed by atoms with Gasteiger partial charge < -0.3 is 10.4 Å². The molecule has 0 bridgehead atoms. The fourth-order valence-corrected chi connectivity index (χ4v) is 4.31. The van der Waals surface area contributed by atoms with Crippen LogP contribution in [0.1, 0.15) is 52.5 Å². The average molecular weight is 424 g/mol. The Morgan fingerprint density at radius 2 is 1.84 bits per heavy atom. The number of halogens is 1. The number of aliphatic hydroxyl groups excluding tert-OH is 1. The number of carbonyl (C=O) groups is 1. The van der Waals surface area contributed by atoms with Crippen molar-refractivity contribution in [3.05, 3.63) is 60.0 Å². The Balaban J connectivity index is 1.63. The summed E-state index contributed by atoms with van der Waals surface area (Å²) < 4.78 is 15.1. The maximum absolute atomic E-state index is 13.3. The molecule has 2 unspecified atom stereocenters. The van der Waals surface area contributed by atoms with E-state index >= 15 is 0 Å².